The van der Waals surface area contributed by atoms with Gasteiger partial charge in [-0.15, -0.1) is 0 Å². The number of carbonyl (C=O) groups is 3. The average molecular weight is 399 g/mol. The van der Waals surface area contributed by atoms with Crippen molar-refractivity contribution in [2.24, 2.45) is 5.92 Å². The Bertz CT molecular complexity index is 807. The summed E-state index contributed by atoms with van der Waals surface area (Å²) in [6.45, 7) is 7.35. The first kappa shape index (κ1) is 19.7. The lowest BCUT2D eigenvalue weighted by molar-refractivity contribution is -0.137. The SMILES string of the molecule is CC(C)c1ccc(NC(=O)N2CCC[C@H]2C(=O)N2CC[C@@H]3NC(=O)[C@@H](C)[C@H]32)cc1. The molecule has 2 N–H and O–H groups in total. The molecule has 1 aromatic carbocycles. The van der Waals surface area contributed by atoms with E-state index in [-0.39, 0.29) is 35.8 Å². The smallest absolute Gasteiger partial charge is 0.322 e. The Balaban J connectivity index is 1.44. The van der Waals surface area contributed by atoms with E-state index in [1.54, 1.807) is 4.90 Å². The second-order valence-electron chi connectivity index (χ2n) is 8.77. The van der Waals surface area contributed by atoms with Gasteiger partial charge in [-0.2, -0.15) is 0 Å². The predicted molar refractivity (Wildman–Crippen MR) is 110 cm³/mol. The third kappa shape index (κ3) is 3.58. The van der Waals surface area contributed by atoms with E-state index in [1.165, 1.54) is 5.56 Å². The quantitative estimate of drug-likeness (QED) is 0.821. The number of anilines is 1. The number of urea groups is 1. The van der Waals surface area contributed by atoms with E-state index in [9.17, 15) is 14.4 Å². The molecule has 156 valence electrons. The van der Waals surface area contributed by atoms with Gasteiger partial charge in [0.2, 0.25) is 11.8 Å². The first-order chi connectivity index (χ1) is 13.9. The van der Waals surface area contributed by atoms with Crippen LogP contribution in [0.15, 0.2) is 24.3 Å². The van der Waals surface area contributed by atoms with Crippen molar-refractivity contribution in [3.63, 3.8) is 0 Å². The normalized spacial score (nSPS) is 28.6. The average Bonchev–Trinajstić information content (AvgIpc) is 3.40. The maximum Gasteiger partial charge on any atom is 0.322 e. The van der Waals surface area contributed by atoms with Crippen molar-refractivity contribution in [3.05, 3.63) is 29.8 Å². The summed E-state index contributed by atoms with van der Waals surface area (Å²) in [7, 11) is 0. The zero-order chi connectivity index (χ0) is 20.7. The molecule has 0 saturated carbocycles. The highest BCUT2D eigenvalue weighted by atomic mass is 16.2. The van der Waals surface area contributed by atoms with Gasteiger partial charge in [-0.1, -0.05) is 32.9 Å². The van der Waals surface area contributed by atoms with Crippen molar-refractivity contribution >= 4 is 23.5 Å². The van der Waals surface area contributed by atoms with Crippen LogP contribution in [0.4, 0.5) is 10.5 Å². The van der Waals surface area contributed by atoms with Crippen LogP contribution in [0, 0.1) is 5.92 Å². The molecule has 4 amide bonds. The van der Waals surface area contributed by atoms with E-state index < -0.39 is 6.04 Å². The Hall–Kier alpha value is -2.57. The monoisotopic (exact) mass is 398 g/mol. The Morgan fingerprint density at radius 2 is 1.83 bits per heavy atom. The minimum Gasteiger partial charge on any atom is -0.351 e. The lowest BCUT2D eigenvalue weighted by Crippen LogP contribution is -2.52. The van der Waals surface area contributed by atoms with Crippen LogP contribution in [0.25, 0.3) is 0 Å². The van der Waals surface area contributed by atoms with E-state index in [2.05, 4.69) is 24.5 Å². The molecule has 0 unspecified atom stereocenters. The number of amides is 4. The van der Waals surface area contributed by atoms with Gasteiger partial charge in [-0.05, 0) is 42.9 Å². The minimum atomic E-state index is -0.452. The number of fused-ring (bicyclic) bond motifs is 1. The van der Waals surface area contributed by atoms with Gasteiger partial charge in [-0.3, -0.25) is 9.59 Å². The van der Waals surface area contributed by atoms with Crippen LogP contribution < -0.4 is 10.6 Å². The maximum atomic E-state index is 13.3. The molecule has 0 bridgehead atoms. The summed E-state index contributed by atoms with van der Waals surface area (Å²) in [6.07, 6.45) is 2.26. The number of nitrogens with one attached hydrogen (secondary N) is 2. The largest absolute Gasteiger partial charge is 0.351 e. The fourth-order valence-electron chi connectivity index (χ4n) is 4.92. The molecule has 4 rings (SSSR count). The van der Waals surface area contributed by atoms with Crippen LogP contribution in [-0.2, 0) is 9.59 Å². The molecule has 4 atom stereocenters. The van der Waals surface area contributed by atoms with Crippen molar-refractivity contribution in [2.75, 3.05) is 18.4 Å². The number of benzene rings is 1. The number of nitrogens with zero attached hydrogens (tertiary/aromatic N) is 2. The van der Waals surface area contributed by atoms with Gasteiger partial charge in [0.15, 0.2) is 0 Å². The Morgan fingerprint density at radius 3 is 2.52 bits per heavy atom. The van der Waals surface area contributed by atoms with E-state index >= 15 is 0 Å². The lowest BCUT2D eigenvalue weighted by atomic mass is 10.0. The van der Waals surface area contributed by atoms with Gasteiger partial charge < -0.3 is 20.4 Å². The third-order valence-corrected chi connectivity index (χ3v) is 6.62. The number of carbonyl (C=O) groups excluding carboxylic acids is 3. The Kier molecular flexibility index (Phi) is 5.23. The number of hydrogen-bond acceptors (Lipinski definition) is 3. The van der Waals surface area contributed by atoms with E-state index in [0.717, 1.165) is 18.5 Å². The number of rotatable bonds is 3. The number of likely N-dealkylation sites (tertiary alicyclic amines) is 2. The standard InChI is InChI=1S/C22H30N4O3/c1-13(2)15-6-8-16(9-7-15)23-22(29)25-11-4-5-18(25)21(28)26-12-10-17-19(26)14(3)20(27)24-17/h6-9,13-14,17-19H,4-5,10-12H2,1-3H3,(H,23,29)(H,24,27)/t14-,17-,18-,19+/m0/s1. The Labute approximate surface area is 171 Å². The van der Waals surface area contributed by atoms with Gasteiger partial charge >= 0.3 is 6.03 Å². The van der Waals surface area contributed by atoms with Crippen LogP contribution in [0.1, 0.15) is 51.5 Å². The molecular formula is C22H30N4O3. The molecule has 7 nitrogen and oxygen atoms in total. The van der Waals surface area contributed by atoms with Crippen molar-refractivity contribution in [3.8, 4) is 0 Å². The van der Waals surface area contributed by atoms with Crippen molar-refractivity contribution < 1.29 is 14.4 Å². The summed E-state index contributed by atoms with van der Waals surface area (Å²) in [5.41, 5.74) is 1.95. The highest BCUT2D eigenvalue weighted by Gasteiger charge is 2.50. The van der Waals surface area contributed by atoms with Crippen LogP contribution >= 0.6 is 0 Å². The van der Waals surface area contributed by atoms with Gasteiger partial charge in [0.25, 0.3) is 0 Å². The molecule has 0 spiro atoms. The molecule has 3 fully saturated rings. The van der Waals surface area contributed by atoms with E-state index in [0.29, 0.717) is 25.4 Å². The topological polar surface area (TPSA) is 81.8 Å². The molecule has 1 aromatic rings. The molecule has 3 saturated heterocycles. The maximum absolute atomic E-state index is 13.3. The summed E-state index contributed by atoms with van der Waals surface area (Å²) in [4.78, 5) is 41.7. The van der Waals surface area contributed by atoms with Crippen LogP contribution in [0.5, 0.6) is 0 Å². The molecule has 3 aliphatic rings. The summed E-state index contributed by atoms with van der Waals surface area (Å²) in [5.74, 6) is 0.227. The number of hydrogen-bond donors (Lipinski definition) is 2. The summed E-state index contributed by atoms with van der Waals surface area (Å²) in [5, 5.41) is 5.93. The van der Waals surface area contributed by atoms with Crippen molar-refractivity contribution in [2.45, 2.75) is 64.1 Å². The lowest BCUT2D eigenvalue weighted by Gasteiger charge is -2.32. The van der Waals surface area contributed by atoms with Gasteiger partial charge in [0, 0.05) is 18.8 Å². The van der Waals surface area contributed by atoms with Crippen molar-refractivity contribution in [1.82, 2.24) is 15.1 Å². The summed E-state index contributed by atoms with van der Waals surface area (Å²) in [6, 6.07) is 7.11. The van der Waals surface area contributed by atoms with Crippen LogP contribution in [-0.4, -0.2) is 58.9 Å². The minimum absolute atomic E-state index is 0.0170. The van der Waals surface area contributed by atoms with E-state index in [4.69, 9.17) is 0 Å². The van der Waals surface area contributed by atoms with Gasteiger partial charge in [-0.25, -0.2) is 4.79 Å². The van der Waals surface area contributed by atoms with Crippen LogP contribution in [0.2, 0.25) is 0 Å². The highest BCUT2D eigenvalue weighted by molar-refractivity contribution is 5.95. The summed E-state index contributed by atoms with van der Waals surface area (Å²) < 4.78 is 0. The molecule has 0 aliphatic carbocycles. The fraction of sp³-hybridized carbons (Fsp3) is 0.591. The third-order valence-electron chi connectivity index (χ3n) is 6.62. The zero-order valence-electron chi connectivity index (χ0n) is 17.4. The highest BCUT2D eigenvalue weighted by Crippen LogP contribution is 2.32. The molecule has 0 radical (unpaired) electrons. The molecule has 7 heteroatoms. The fourth-order valence-corrected chi connectivity index (χ4v) is 4.92. The predicted octanol–water partition coefficient (Wildman–Crippen LogP) is 2.54. The second-order valence-corrected chi connectivity index (χ2v) is 8.77. The van der Waals surface area contributed by atoms with Crippen LogP contribution in [0.3, 0.4) is 0 Å². The summed E-state index contributed by atoms with van der Waals surface area (Å²) >= 11 is 0. The van der Waals surface area contributed by atoms with E-state index in [1.807, 2.05) is 36.1 Å². The molecule has 3 aliphatic heterocycles. The van der Waals surface area contributed by atoms with Gasteiger partial charge in [0.05, 0.1) is 18.0 Å². The second kappa shape index (κ2) is 7.69. The first-order valence-electron chi connectivity index (χ1n) is 10.6. The Morgan fingerprint density at radius 1 is 1.10 bits per heavy atom. The first-order valence-corrected chi connectivity index (χ1v) is 10.6. The van der Waals surface area contributed by atoms with Crippen molar-refractivity contribution in [1.29, 1.82) is 0 Å². The zero-order valence-corrected chi connectivity index (χ0v) is 17.4. The molecule has 0 aromatic heterocycles. The van der Waals surface area contributed by atoms with Gasteiger partial charge in [0.1, 0.15) is 6.04 Å². The molecule has 3 heterocycles. The molecular weight excluding hydrogens is 368 g/mol. The molecule has 29 heavy (non-hydrogen) atoms.